The highest BCUT2D eigenvalue weighted by molar-refractivity contribution is 5.81. The van der Waals surface area contributed by atoms with Crippen LogP contribution in [-0.2, 0) is 11.2 Å². The quantitative estimate of drug-likeness (QED) is 0.390. The van der Waals surface area contributed by atoms with Crippen LogP contribution in [0.15, 0.2) is 48.5 Å². The number of rotatable bonds is 7. The maximum atomic E-state index is 12.1. The Bertz CT molecular complexity index is 688. The van der Waals surface area contributed by atoms with Crippen molar-refractivity contribution >= 4 is 11.6 Å². The number of phenolic OH excluding ortho intramolecular Hbond substituents is 1. The van der Waals surface area contributed by atoms with E-state index in [1.807, 2.05) is 0 Å². The van der Waals surface area contributed by atoms with Crippen LogP contribution in [0, 0.1) is 0 Å². The molecule has 7 heteroatoms. The normalized spacial score (nSPS) is 14.5. The van der Waals surface area contributed by atoms with E-state index in [9.17, 15) is 15.0 Å². The highest BCUT2D eigenvalue weighted by Crippen LogP contribution is 2.17. The van der Waals surface area contributed by atoms with Crippen LogP contribution in [0.3, 0.4) is 0 Å². The zero-order chi connectivity index (χ0) is 18.4. The molecule has 0 radical (unpaired) electrons. The van der Waals surface area contributed by atoms with Gasteiger partial charge >= 0.3 is 0 Å². The van der Waals surface area contributed by atoms with Gasteiger partial charge in [0.25, 0.3) is 0 Å². The first kappa shape index (κ1) is 18.7. The van der Waals surface area contributed by atoms with Crippen molar-refractivity contribution in [1.82, 2.24) is 5.32 Å². The lowest BCUT2D eigenvalue weighted by Gasteiger charge is -2.21. The van der Waals surface area contributed by atoms with Crippen LogP contribution >= 0.6 is 0 Å². The number of carbonyl (C=O) groups is 1. The van der Waals surface area contributed by atoms with Crippen molar-refractivity contribution in [2.75, 3.05) is 12.3 Å². The number of anilines is 1. The van der Waals surface area contributed by atoms with Gasteiger partial charge in [0.2, 0.25) is 5.91 Å². The van der Waals surface area contributed by atoms with E-state index in [-0.39, 0.29) is 18.2 Å². The van der Waals surface area contributed by atoms with Gasteiger partial charge in [-0.2, -0.15) is 0 Å². The predicted octanol–water partition coefficient (Wildman–Crippen LogP) is 0.0213. The molecule has 2 aromatic rings. The lowest BCUT2D eigenvalue weighted by Crippen LogP contribution is -2.47. The smallest absolute Gasteiger partial charge is 0.237 e. The Hall–Kier alpha value is -2.61. The van der Waals surface area contributed by atoms with Gasteiger partial charge in [0.1, 0.15) is 5.75 Å². The molecule has 0 aromatic heterocycles. The number of nitrogen functional groups attached to an aromatic ring is 1. The van der Waals surface area contributed by atoms with Gasteiger partial charge in [-0.05, 0) is 41.8 Å². The number of hydrogen-bond acceptors (Lipinski definition) is 6. The molecule has 134 valence electrons. The fourth-order valence-electron chi connectivity index (χ4n) is 2.38. The SMILES string of the molecule is Nc1ccc([C@H](O)[C@@H](N)CNC(=O)[C@@H](N)Cc2ccc(O)cc2)cc1. The first-order chi connectivity index (χ1) is 11.9. The Balaban J connectivity index is 1.83. The summed E-state index contributed by atoms with van der Waals surface area (Å²) in [6.45, 7) is 0.0909. The first-order valence-corrected chi connectivity index (χ1v) is 7.97. The molecule has 0 bridgehead atoms. The summed E-state index contributed by atoms with van der Waals surface area (Å²) >= 11 is 0. The Morgan fingerprint density at radius 2 is 1.64 bits per heavy atom. The van der Waals surface area contributed by atoms with Gasteiger partial charge in [-0.1, -0.05) is 24.3 Å². The Kier molecular flexibility index (Phi) is 6.35. The number of benzene rings is 2. The average Bonchev–Trinajstić information content (AvgIpc) is 2.61. The first-order valence-electron chi connectivity index (χ1n) is 7.97. The van der Waals surface area contributed by atoms with Crippen molar-refractivity contribution in [1.29, 1.82) is 0 Å². The number of amides is 1. The molecule has 3 atom stereocenters. The standard InChI is InChI=1S/C18H24N4O3/c19-13-5-3-12(4-6-13)17(24)16(21)10-22-18(25)15(20)9-11-1-7-14(23)8-2-11/h1-8,15-17,23-24H,9-10,19-21H2,(H,22,25)/t15-,16-,17-/m0/s1. The van der Waals surface area contributed by atoms with Crippen molar-refractivity contribution in [3.8, 4) is 5.75 Å². The van der Waals surface area contributed by atoms with Crippen molar-refractivity contribution in [2.45, 2.75) is 24.6 Å². The molecule has 0 saturated carbocycles. The summed E-state index contributed by atoms with van der Waals surface area (Å²) < 4.78 is 0. The molecule has 0 saturated heterocycles. The van der Waals surface area contributed by atoms with E-state index < -0.39 is 18.2 Å². The fraction of sp³-hybridized carbons (Fsp3) is 0.278. The average molecular weight is 344 g/mol. The van der Waals surface area contributed by atoms with Gasteiger partial charge in [-0.3, -0.25) is 4.79 Å². The molecule has 0 spiro atoms. The van der Waals surface area contributed by atoms with E-state index in [0.29, 0.717) is 17.7 Å². The van der Waals surface area contributed by atoms with E-state index in [1.165, 1.54) is 0 Å². The molecule has 1 amide bonds. The van der Waals surface area contributed by atoms with Crippen LogP contribution < -0.4 is 22.5 Å². The van der Waals surface area contributed by atoms with Gasteiger partial charge < -0.3 is 32.7 Å². The zero-order valence-electron chi connectivity index (χ0n) is 13.8. The van der Waals surface area contributed by atoms with Crippen LogP contribution in [0.2, 0.25) is 0 Å². The van der Waals surface area contributed by atoms with Crippen LogP contribution in [0.1, 0.15) is 17.2 Å². The predicted molar refractivity (Wildman–Crippen MR) is 96.6 cm³/mol. The van der Waals surface area contributed by atoms with Crippen molar-refractivity contribution in [3.63, 3.8) is 0 Å². The largest absolute Gasteiger partial charge is 0.508 e. The molecule has 0 fully saturated rings. The summed E-state index contributed by atoms with van der Waals surface area (Å²) in [5.74, 6) is -0.197. The van der Waals surface area contributed by atoms with Gasteiger partial charge in [-0.15, -0.1) is 0 Å². The molecule has 2 aromatic carbocycles. The van der Waals surface area contributed by atoms with E-state index in [1.54, 1.807) is 48.5 Å². The van der Waals surface area contributed by atoms with Crippen LogP contribution in [0.25, 0.3) is 0 Å². The highest BCUT2D eigenvalue weighted by atomic mass is 16.3. The number of aliphatic hydroxyl groups is 1. The van der Waals surface area contributed by atoms with E-state index in [2.05, 4.69) is 5.32 Å². The maximum Gasteiger partial charge on any atom is 0.237 e. The molecular weight excluding hydrogens is 320 g/mol. The lowest BCUT2D eigenvalue weighted by molar-refractivity contribution is -0.122. The summed E-state index contributed by atoms with van der Waals surface area (Å²) in [4.78, 5) is 12.1. The Labute approximate surface area is 146 Å². The molecular formula is C18H24N4O3. The lowest BCUT2D eigenvalue weighted by atomic mass is 10.0. The number of nitrogens with one attached hydrogen (secondary N) is 1. The second-order valence-corrected chi connectivity index (χ2v) is 6.00. The number of phenols is 1. The summed E-state index contributed by atoms with van der Waals surface area (Å²) in [7, 11) is 0. The van der Waals surface area contributed by atoms with Crippen LogP contribution in [-0.4, -0.2) is 34.7 Å². The maximum absolute atomic E-state index is 12.1. The second kappa shape index (κ2) is 8.48. The summed E-state index contributed by atoms with van der Waals surface area (Å²) in [5, 5.41) is 22.1. The minimum Gasteiger partial charge on any atom is -0.508 e. The number of aromatic hydroxyl groups is 1. The molecule has 0 unspecified atom stereocenters. The topological polar surface area (TPSA) is 148 Å². The molecule has 2 rings (SSSR count). The molecule has 0 aliphatic carbocycles. The summed E-state index contributed by atoms with van der Waals surface area (Å²) in [6.07, 6.45) is -0.587. The third-order valence-corrected chi connectivity index (χ3v) is 3.92. The molecule has 0 aliphatic heterocycles. The van der Waals surface area contributed by atoms with Gasteiger partial charge in [0.15, 0.2) is 0 Å². The zero-order valence-corrected chi connectivity index (χ0v) is 13.8. The second-order valence-electron chi connectivity index (χ2n) is 6.00. The highest BCUT2D eigenvalue weighted by Gasteiger charge is 2.20. The number of aliphatic hydroxyl groups excluding tert-OH is 1. The third kappa shape index (κ3) is 5.46. The van der Waals surface area contributed by atoms with Crippen molar-refractivity contribution < 1.29 is 15.0 Å². The summed E-state index contributed by atoms with van der Waals surface area (Å²) in [6, 6.07) is 11.8. The van der Waals surface area contributed by atoms with Crippen molar-refractivity contribution in [3.05, 3.63) is 59.7 Å². The van der Waals surface area contributed by atoms with Crippen molar-refractivity contribution in [2.24, 2.45) is 11.5 Å². The fourth-order valence-corrected chi connectivity index (χ4v) is 2.38. The van der Waals surface area contributed by atoms with Crippen LogP contribution in [0.4, 0.5) is 5.69 Å². The molecule has 0 aliphatic rings. The molecule has 25 heavy (non-hydrogen) atoms. The summed E-state index contributed by atoms with van der Waals surface area (Å²) in [5.41, 5.74) is 19.5. The number of hydrogen-bond donors (Lipinski definition) is 6. The molecule has 9 N–H and O–H groups in total. The Morgan fingerprint density at radius 1 is 1.04 bits per heavy atom. The minimum absolute atomic E-state index is 0.0909. The van der Waals surface area contributed by atoms with E-state index >= 15 is 0 Å². The van der Waals surface area contributed by atoms with Gasteiger partial charge in [0.05, 0.1) is 18.2 Å². The molecule has 7 nitrogen and oxygen atoms in total. The third-order valence-electron chi connectivity index (χ3n) is 3.92. The Morgan fingerprint density at radius 3 is 2.24 bits per heavy atom. The number of nitrogens with two attached hydrogens (primary N) is 3. The van der Waals surface area contributed by atoms with E-state index in [4.69, 9.17) is 17.2 Å². The monoisotopic (exact) mass is 344 g/mol. The van der Waals surface area contributed by atoms with Gasteiger partial charge in [0, 0.05) is 12.2 Å². The van der Waals surface area contributed by atoms with Gasteiger partial charge in [-0.25, -0.2) is 0 Å². The minimum atomic E-state index is -0.922. The molecule has 0 heterocycles. The van der Waals surface area contributed by atoms with Crippen LogP contribution in [0.5, 0.6) is 5.75 Å². The number of carbonyl (C=O) groups excluding carboxylic acids is 1. The van der Waals surface area contributed by atoms with E-state index in [0.717, 1.165) is 5.56 Å².